The normalized spacial score (nSPS) is 15.0. The molecular weight excluding hydrogens is 196 g/mol. The second-order valence-electron chi connectivity index (χ2n) is 5.20. The average Bonchev–Trinajstić information content (AvgIpc) is 2.59. The van der Waals surface area contributed by atoms with Crippen molar-refractivity contribution in [3.63, 3.8) is 0 Å². The minimum absolute atomic E-state index is 0.400. The molecule has 1 aromatic heterocycles. The van der Waals surface area contributed by atoms with Gasteiger partial charge in [0.15, 0.2) is 0 Å². The number of aryl methyl sites for hydroxylation is 1. The Hall–Kier alpha value is -1.18. The summed E-state index contributed by atoms with van der Waals surface area (Å²) >= 11 is 0. The highest BCUT2D eigenvalue weighted by molar-refractivity contribution is 5.71. The van der Waals surface area contributed by atoms with E-state index in [9.17, 15) is 0 Å². The molecule has 0 atom stereocenters. The van der Waals surface area contributed by atoms with Crippen molar-refractivity contribution < 1.29 is 0 Å². The lowest BCUT2D eigenvalue weighted by Gasteiger charge is -2.14. The average molecular weight is 216 g/mol. The SMILES string of the molecule is C=C1CCc2nc(C(C)C)nc(C(C)C)c21. The number of nitrogens with zero attached hydrogens (tertiary/aromatic N) is 2. The summed E-state index contributed by atoms with van der Waals surface area (Å²) in [6, 6.07) is 0. The molecule has 86 valence electrons. The molecular formula is C14H20N2. The molecule has 0 aromatic carbocycles. The van der Waals surface area contributed by atoms with Gasteiger partial charge in [0.2, 0.25) is 0 Å². The number of fused-ring (bicyclic) bond motifs is 1. The van der Waals surface area contributed by atoms with Crippen molar-refractivity contribution in [2.45, 2.75) is 52.4 Å². The number of aromatic nitrogens is 2. The Bertz CT molecular complexity index is 431. The lowest BCUT2D eigenvalue weighted by molar-refractivity contribution is 0.717. The smallest absolute Gasteiger partial charge is 0.131 e. The molecule has 0 unspecified atom stereocenters. The first kappa shape index (κ1) is 11.3. The van der Waals surface area contributed by atoms with Crippen LogP contribution < -0.4 is 0 Å². The van der Waals surface area contributed by atoms with Gasteiger partial charge in [0.05, 0.1) is 11.4 Å². The molecule has 2 nitrogen and oxygen atoms in total. The topological polar surface area (TPSA) is 25.8 Å². The van der Waals surface area contributed by atoms with Crippen molar-refractivity contribution in [1.82, 2.24) is 9.97 Å². The lowest BCUT2D eigenvalue weighted by Crippen LogP contribution is -2.08. The number of hydrogen-bond acceptors (Lipinski definition) is 2. The Kier molecular flexibility index (Phi) is 2.83. The van der Waals surface area contributed by atoms with E-state index in [2.05, 4.69) is 39.3 Å². The van der Waals surface area contributed by atoms with E-state index in [1.165, 1.54) is 22.5 Å². The Morgan fingerprint density at radius 3 is 2.25 bits per heavy atom. The second kappa shape index (κ2) is 4.00. The molecule has 0 bridgehead atoms. The van der Waals surface area contributed by atoms with Crippen molar-refractivity contribution in [2.75, 3.05) is 0 Å². The second-order valence-corrected chi connectivity index (χ2v) is 5.20. The van der Waals surface area contributed by atoms with Crippen molar-refractivity contribution >= 4 is 5.57 Å². The number of allylic oxidation sites excluding steroid dienone is 1. The predicted octanol–water partition coefficient (Wildman–Crippen LogP) is 3.68. The zero-order valence-corrected chi connectivity index (χ0v) is 10.7. The molecule has 16 heavy (non-hydrogen) atoms. The fourth-order valence-corrected chi connectivity index (χ4v) is 2.18. The van der Waals surface area contributed by atoms with Gasteiger partial charge in [0.1, 0.15) is 5.82 Å². The number of rotatable bonds is 2. The van der Waals surface area contributed by atoms with E-state index in [0.29, 0.717) is 11.8 Å². The first-order chi connectivity index (χ1) is 7.50. The van der Waals surface area contributed by atoms with E-state index in [-0.39, 0.29) is 0 Å². The van der Waals surface area contributed by atoms with Gasteiger partial charge >= 0.3 is 0 Å². The van der Waals surface area contributed by atoms with Crippen LogP contribution in [0.1, 0.15) is 68.7 Å². The maximum absolute atomic E-state index is 4.72. The first-order valence-electron chi connectivity index (χ1n) is 6.09. The van der Waals surface area contributed by atoms with Gasteiger partial charge in [-0.1, -0.05) is 34.3 Å². The molecule has 1 heterocycles. The lowest BCUT2D eigenvalue weighted by atomic mass is 10.00. The summed E-state index contributed by atoms with van der Waals surface area (Å²) in [7, 11) is 0. The third-order valence-corrected chi connectivity index (χ3v) is 3.11. The predicted molar refractivity (Wildman–Crippen MR) is 67.6 cm³/mol. The Morgan fingerprint density at radius 2 is 1.69 bits per heavy atom. The van der Waals surface area contributed by atoms with Crippen LogP contribution in [0.15, 0.2) is 6.58 Å². The van der Waals surface area contributed by atoms with Crippen LogP contribution in [0, 0.1) is 0 Å². The van der Waals surface area contributed by atoms with Crippen LogP contribution in [0.4, 0.5) is 0 Å². The molecule has 0 saturated carbocycles. The quantitative estimate of drug-likeness (QED) is 0.753. The third kappa shape index (κ3) is 1.77. The maximum Gasteiger partial charge on any atom is 0.131 e. The molecule has 2 rings (SSSR count). The molecule has 0 saturated heterocycles. The van der Waals surface area contributed by atoms with Crippen molar-refractivity contribution in [1.29, 1.82) is 0 Å². The molecule has 0 fully saturated rings. The van der Waals surface area contributed by atoms with Gasteiger partial charge in [-0.05, 0) is 24.3 Å². The minimum Gasteiger partial charge on any atom is -0.237 e. The van der Waals surface area contributed by atoms with Gasteiger partial charge < -0.3 is 0 Å². The van der Waals surface area contributed by atoms with E-state index < -0.39 is 0 Å². The van der Waals surface area contributed by atoms with Crippen molar-refractivity contribution in [3.05, 3.63) is 29.4 Å². The van der Waals surface area contributed by atoms with E-state index >= 15 is 0 Å². The van der Waals surface area contributed by atoms with Gasteiger partial charge in [-0.2, -0.15) is 0 Å². The third-order valence-electron chi connectivity index (χ3n) is 3.11. The van der Waals surface area contributed by atoms with E-state index in [4.69, 9.17) is 4.98 Å². The summed E-state index contributed by atoms with van der Waals surface area (Å²) in [6.45, 7) is 12.8. The molecule has 2 heteroatoms. The summed E-state index contributed by atoms with van der Waals surface area (Å²) < 4.78 is 0. The van der Waals surface area contributed by atoms with Crippen LogP contribution in [0.5, 0.6) is 0 Å². The largest absolute Gasteiger partial charge is 0.237 e. The molecule has 1 aromatic rings. The highest BCUT2D eigenvalue weighted by atomic mass is 14.9. The Morgan fingerprint density at radius 1 is 1.00 bits per heavy atom. The molecule has 0 radical (unpaired) electrons. The summed E-state index contributed by atoms with van der Waals surface area (Å²) in [4.78, 5) is 9.40. The van der Waals surface area contributed by atoms with Crippen molar-refractivity contribution in [3.8, 4) is 0 Å². The monoisotopic (exact) mass is 216 g/mol. The number of hydrogen-bond donors (Lipinski definition) is 0. The van der Waals surface area contributed by atoms with Gasteiger partial charge in [0.25, 0.3) is 0 Å². The van der Waals surface area contributed by atoms with Crippen LogP contribution in [-0.2, 0) is 6.42 Å². The molecule has 0 N–H and O–H groups in total. The van der Waals surface area contributed by atoms with Gasteiger partial charge in [-0.15, -0.1) is 0 Å². The minimum atomic E-state index is 0.400. The first-order valence-corrected chi connectivity index (χ1v) is 6.09. The summed E-state index contributed by atoms with van der Waals surface area (Å²) in [5, 5.41) is 0. The van der Waals surface area contributed by atoms with Crippen LogP contribution in [0.3, 0.4) is 0 Å². The molecule has 0 amide bonds. The maximum atomic E-state index is 4.72. The van der Waals surface area contributed by atoms with Crippen molar-refractivity contribution in [2.24, 2.45) is 0 Å². The Balaban J connectivity index is 2.61. The molecule has 0 aliphatic heterocycles. The highest BCUT2D eigenvalue weighted by Crippen LogP contribution is 2.35. The standard InChI is InChI=1S/C14H20N2/c1-8(2)13-12-10(5)6-7-11(12)15-14(16-13)9(3)4/h8-9H,5-7H2,1-4H3. The summed E-state index contributed by atoms with van der Waals surface area (Å²) in [5.74, 6) is 1.83. The van der Waals surface area contributed by atoms with Gasteiger partial charge in [-0.25, -0.2) is 9.97 Å². The molecule has 0 spiro atoms. The van der Waals surface area contributed by atoms with Gasteiger partial charge in [0, 0.05) is 11.5 Å². The molecule has 1 aliphatic rings. The van der Waals surface area contributed by atoms with Crippen LogP contribution in [0.25, 0.3) is 5.57 Å². The van der Waals surface area contributed by atoms with E-state index in [1.54, 1.807) is 0 Å². The Labute approximate surface area is 97.8 Å². The fourth-order valence-electron chi connectivity index (χ4n) is 2.18. The van der Waals surface area contributed by atoms with Crippen LogP contribution in [0.2, 0.25) is 0 Å². The van der Waals surface area contributed by atoms with Gasteiger partial charge in [-0.3, -0.25) is 0 Å². The highest BCUT2D eigenvalue weighted by Gasteiger charge is 2.24. The van der Waals surface area contributed by atoms with E-state index in [0.717, 1.165) is 18.7 Å². The zero-order chi connectivity index (χ0) is 11.9. The zero-order valence-electron chi connectivity index (χ0n) is 10.7. The molecule has 1 aliphatic carbocycles. The van der Waals surface area contributed by atoms with E-state index in [1.807, 2.05) is 0 Å². The summed E-state index contributed by atoms with van der Waals surface area (Å²) in [6.07, 6.45) is 2.08. The van der Waals surface area contributed by atoms with Crippen LogP contribution in [-0.4, -0.2) is 9.97 Å². The summed E-state index contributed by atoms with van der Waals surface area (Å²) in [5.41, 5.74) is 4.87. The van der Waals surface area contributed by atoms with Crippen LogP contribution >= 0.6 is 0 Å². The fraction of sp³-hybridized carbons (Fsp3) is 0.571.